The van der Waals surface area contributed by atoms with Crippen molar-refractivity contribution in [3.63, 3.8) is 0 Å². The lowest BCUT2D eigenvalue weighted by Crippen LogP contribution is -2.36. The van der Waals surface area contributed by atoms with Crippen molar-refractivity contribution in [1.29, 1.82) is 0 Å². The van der Waals surface area contributed by atoms with Gasteiger partial charge in [-0.1, -0.05) is 18.2 Å². The van der Waals surface area contributed by atoms with E-state index in [0.29, 0.717) is 18.5 Å². The first-order valence-electron chi connectivity index (χ1n) is 20.8. The van der Waals surface area contributed by atoms with Gasteiger partial charge in [0.2, 0.25) is 0 Å². The van der Waals surface area contributed by atoms with Gasteiger partial charge in [0.05, 0.1) is 24.3 Å². The van der Waals surface area contributed by atoms with Gasteiger partial charge in [-0.3, -0.25) is 33.3 Å². The molecule has 4 rings (SSSR count). The number of hydrogen-bond acceptors (Lipinski definition) is 13. The second kappa shape index (κ2) is 25.1. The predicted octanol–water partition coefficient (Wildman–Crippen LogP) is 6.92. The highest BCUT2D eigenvalue weighted by Gasteiger charge is 2.39. The molecule has 0 radical (unpaired) electrons. The van der Waals surface area contributed by atoms with Gasteiger partial charge in [-0.05, 0) is 77.9 Å². The Morgan fingerprint density at radius 3 is 1.90 bits per heavy atom. The van der Waals surface area contributed by atoms with Crippen molar-refractivity contribution < 1.29 is 82.7 Å². The van der Waals surface area contributed by atoms with Gasteiger partial charge in [0.15, 0.2) is 19.0 Å². The third-order valence-electron chi connectivity index (χ3n) is 9.60. The van der Waals surface area contributed by atoms with E-state index in [1.165, 1.54) is 61.2 Å². The predicted molar refractivity (Wildman–Crippen MR) is 231 cm³/mol. The monoisotopic (exact) mass is 1000 g/mol. The van der Waals surface area contributed by atoms with Gasteiger partial charge in [0, 0.05) is 56.2 Å². The van der Waals surface area contributed by atoms with Crippen LogP contribution in [-0.4, -0.2) is 134 Å². The van der Waals surface area contributed by atoms with Crippen LogP contribution >= 0.6 is 15.0 Å². The van der Waals surface area contributed by atoms with E-state index in [2.05, 4.69) is 25.0 Å². The number of rotatable bonds is 23. The Balaban J connectivity index is 0.000000477. The average Bonchev–Trinajstić information content (AvgIpc) is 3.57. The Bertz CT molecular complexity index is 2270. The highest BCUT2D eigenvalue weighted by atomic mass is 31.2. The van der Waals surface area contributed by atoms with E-state index in [-0.39, 0.29) is 78.8 Å². The van der Waals surface area contributed by atoms with E-state index in [0.717, 1.165) is 0 Å². The summed E-state index contributed by atoms with van der Waals surface area (Å²) in [6, 6.07) is 6.42. The molecule has 1 aliphatic heterocycles. The number of halogens is 7. The fourth-order valence-electron chi connectivity index (χ4n) is 6.53. The molecule has 2 heterocycles. The summed E-state index contributed by atoms with van der Waals surface area (Å²) in [5, 5.41) is 18.8. The standard InChI is InChI=1S/C30H33F4N4O7P.C11H22F3N2O4P/c1-4-44-29(42)18(2)36-46(43,45-17-30(32,33)34)14-6-13-37(3)27(40)23-21-7-5-12-35-25(21)26(39)24-22(23)16-38(28(24)41)15-19-8-10-20(31)11-9-19;1-4-19-10(17)9(2)16-21(18,7-5-6-15-3)20-8-11(12,13)14/h5,7-12,18,39H,4,6,13-17H2,1-3H3,(H,36,43);9,15H,4-8H2,1-3H3,(H,16,18)/t18-,46?;9-,21?/m00/s1. The third kappa shape index (κ3) is 17.4. The molecule has 0 saturated heterocycles. The van der Waals surface area contributed by atoms with Gasteiger partial charge in [-0.2, -0.15) is 26.3 Å². The van der Waals surface area contributed by atoms with Crippen LogP contribution in [0.15, 0.2) is 42.6 Å². The number of esters is 2. The number of fused-ring (bicyclic) bond motifs is 2. The van der Waals surface area contributed by atoms with Crippen LogP contribution in [0, 0.1) is 5.82 Å². The first-order valence-corrected chi connectivity index (χ1v) is 24.4. The van der Waals surface area contributed by atoms with Gasteiger partial charge >= 0.3 is 24.3 Å². The highest BCUT2D eigenvalue weighted by Crippen LogP contribution is 2.46. The quantitative estimate of drug-likeness (QED) is 0.0328. The largest absolute Gasteiger partial charge is 0.505 e. The van der Waals surface area contributed by atoms with Crippen LogP contribution in [-0.2, 0) is 50.3 Å². The molecule has 26 heteroatoms. The maximum absolute atomic E-state index is 13.9. The lowest BCUT2D eigenvalue weighted by Gasteiger charge is -2.25. The molecule has 1 aromatic heterocycles. The van der Waals surface area contributed by atoms with Crippen LogP contribution in [0.1, 0.15) is 72.4 Å². The Kier molecular flexibility index (Phi) is 21.2. The van der Waals surface area contributed by atoms with Crippen molar-refractivity contribution in [3.05, 3.63) is 70.7 Å². The van der Waals surface area contributed by atoms with Crippen molar-refractivity contribution in [1.82, 2.24) is 30.3 Å². The van der Waals surface area contributed by atoms with E-state index >= 15 is 0 Å². The number of hydrogen-bond donors (Lipinski definition) is 4. The minimum Gasteiger partial charge on any atom is -0.505 e. The summed E-state index contributed by atoms with van der Waals surface area (Å²) in [4.78, 5) is 57.7. The summed E-state index contributed by atoms with van der Waals surface area (Å²) >= 11 is 0. The molecular formula is C41H55F7N6O11P2. The topological polar surface area (TPSA) is 215 Å². The first kappa shape index (κ1) is 56.6. The average molecular weight is 1000 g/mol. The normalized spacial score (nSPS) is 15.4. The number of aromatic nitrogens is 1. The number of carbonyl (C=O) groups is 4. The van der Waals surface area contributed by atoms with E-state index < -0.39 is 88.4 Å². The Morgan fingerprint density at radius 1 is 0.881 bits per heavy atom. The van der Waals surface area contributed by atoms with Crippen molar-refractivity contribution >= 4 is 49.7 Å². The van der Waals surface area contributed by atoms with Crippen molar-refractivity contribution in [2.75, 3.05) is 65.9 Å². The number of benzene rings is 2. The van der Waals surface area contributed by atoms with Gasteiger partial charge in [0.25, 0.3) is 26.9 Å². The fourth-order valence-corrected chi connectivity index (χ4v) is 10.4. The summed E-state index contributed by atoms with van der Waals surface area (Å²) < 4.78 is 133. The smallest absolute Gasteiger partial charge is 0.412 e. The zero-order valence-electron chi connectivity index (χ0n) is 37.6. The molecular weight excluding hydrogens is 947 g/mol. The number of carbonyl (C=O) groups excluding carboxylic acids is 4. The molecule has 1 aliphatic rings. The summed E-state index contributed by atoms with van der Waals surface area (Å²) in [5.74, 6) is -3.48. The molecule has 67 heavy (non-hydrogen) atoms. The van der Waals surface area contributed by atoms with Gasteiger partial charge in [-0.25, -0.2) is 14.6 Å². The van der Waals surface area contributed by atoms with Crippen LogP contribution in [0.5, 0.6) is 5.75 Å². The molecule has 2 amide bonds. The number of ether oxygens (including phenoxy) is 2. The minimum atomic E-state index is -4.78. The van der Waals surface area contributed by atoms with Gasteiger partial charge in [-0.15, -0.1) is 0 Å². The van der Waals surface area contributed by atoms with E-state index in [9.17, 15) is 64.1 Å². The SMILES string of the molecule is CCOC(=O)[C@H](C)NP(=O)(CCCN(C)C(=O)c1c2c(c(O)c3ncccc13)C(=O)N(Cc1ccc(F)cc1)C2)OCC(F)(F)F.CCOC(=O)[C@H](C)NP(=O)(CCCNC)OCC(F)(F)F. The molecule has 3 aromatic rings. The molecule has 0 saturated carbocycles. The number of nitrogens with one attached hydrogen (secondary N) is 3. The zero-order chi connectivity index (χ0) is 50.3. The first-order chi connectivity index (χ1) is 31.3. The number of phenolic OH excluding ortho intramolecular Hbond substituents is 1. The maximum atomic E-state index is 13.9. The van der Waals surface area contributed by atoms with Crippen molar-refractivity contribution in [2.24, 2.45) is 0 Å². The summed E-state index contributed by atoms with van der Waals surface area (Å²) in [7, 11) is -4.95. The van der Waals surface area contributed by atoms with Crippen molar-refractivity contribution in [2.45, 2.75) is 78.1 Å². The van der Waals surface area contributed by atoms with Crippen LogP contribution in [0.3, 0.4) is 0 Å². The Morgan fingerprint density at radius 2 is 1.40 bits per heavy atom. The van der Waals surface area contributed by atoms with Crippen LogP contribution in [0.2, 0.25) is 0 Å². The highest BCUT2D eigenvalue weighted by molar-refractivity contribution is 7.57. The van der Waals surface area contributed by atoms with Crippen LogP contribution in [0.4, 0.5) is 30.7 Å². The van der Waals surface area contributed by atoms with Crippen molar-refractivity contribution in [3.8, 4) is 5.75 Å². The molecule has 0 bridgehead atoms. The fraction of sp³-hybridized carbons (Fsp3) is 0.537. The van der Waals surface area contributed by atoms with E-state index in [1.807, 2.05) is 0 Å². The van der Waals surface area contributed by atoms with E-state index in [1.54, 1.807) is 33.0 Å². The number of alkyl halides is 6. The van der Waals surface area contributed by atoms with Crippen LogP contribution < -0.4 is 15.5 Å². The lowest BCUT2D eigenvalue weighted by molar-refractivity contribution is -0.154. The molecule has 17 nitrogen and oxygen atoms in total. The molecule has 2 aromatic carbocycles. The molecule has 374 valence electrons. The molecule has 0 aliphatic carbocycles. The zero-order valence-corrected chi connectivity index (χ0v) is 39.4. The Hall–Kier alpha value is -4.70. The number of pyridine rings is 1. The second-order valence-corrected chi connectivity index (χ2v) is 19.7. The lowest BCUT2D eigenvalue weighted by atomic mass is 9.95. The molecule has 4 atom stereocenters. The van der Waals surface area contributed by atoms with Gasteiger partial charge < -0.3 is 38.7 Å². The minimum absolute atomic E-state index is 0.00618. The van der Waals surface area contributed by atoms with Crippen LogP contribution in [0.25, 0.3) is 10.9 Å². The summed E-state index contributed by atoms with van der Waals surface area (Å²) in [6.07, 6.45) is -8.30. The maximum Gasteiger partial charge on any atom is 0.412 e. The molecule has 2 unspecified atom stereocenters. The Labute approximate surface area is 382 Å². The number of amides is 2. The van der Waals surface area contributed by atoms with E-state index in [4.69, 9.17) is 14.0 Å². The molecule has 0 spiro atoms. The second-order valence-electron chi connectivity index (χ2n) is 15.1. The number of aromatic hydroxyl groups is 1. The molecule has 4 N–H and O–H groups in total. The summed E-state index contributed by atoms with van der Waals surface area (Å²) in [5.41, 5.74) is 0.909. The molecule has 0 fully saturated rings. The number of nitrogens with zero attached hydrogens (tertiary/aromatic N) is 3. The third-order valence-corrected chi connectivity index (χ3v) is 14.1. The summed E-state index contributed by atoms with van der Waals surface area (Å²) in [6.45, 7) is 2.85. The number of phenols is 1. The van der Waals surface area contributed by atoms with Gasteiger partial charge in [0.1, 0.15) is 23.4 Å².